The highest BCUT2D eigenvalue weighted by atomic mass is 19.1. The first kappa shape index (κ1) is 12.9. The van der Waals surface area contributed by atoms with Crippen LogP contribution in [0.15, 0.2) is 53.7 Å². The van der Waals surface area contributed by atoms with Crippen LogP contribution in [0.4, 0.5) is 4.39 Å². The normalized spacial score (nSPS) is 11.3. The molecule has 4 nitrogen and oxygen atoms in total. The summed E-state index contributed by atoms with van der Waals surface area (Å²) in [5.41, 5.74) is 6.62. The van der Waals surface area contributed by atoms with Crippen molar-refractivity contribution in [2.75, 3.05) is 0 Å². The lowest BCUT2D eigenvalue weighted by molar-refractivity contribution is 0.290. The van der Waals surface area contributed by atoms with E-state index in [1.165, 1.54) is 12.1 Å². The molecule has 0 saturated heterocycles. The predicted octanol–water partition coefficient (Wildman–Crippen LogP) is 2.50. The van der Waals surface area contributed by atoms with Gasteiger partial charge in [0, 0.05) is 5.56 Å². The van der Waals surface area contributed by atoms with Gasteiger partial charge < -0.3 is 15.7 Å². The van der Waals surface area contributed by atoms with Gasteiger partial charge in [0.15, 0.2) is 17.4 Å². The lowest BCUT2D eigenvalue weighted by Gasteiger charge is -2.08. The average molecular weight is 260 g/mol. The number of hydrogen-bond acceptors (Lipinski definition) is 3. The zero-order chi connectivity index (χ0) is 13.7. The molecule has 0 radical (unpaired) electrons. The quantitative estimate of drug-likeness (QED) is 0.384. The Morgan fingerprint density at radius 2 is 1.95 bits per heavy atom. The molecule has 0 saturated carbocycles. The van der Waals surface area contributed by atoms with Gasteiger partial charge in [0.1, 0.15) is 6.61 Å². The van der Waals surface area contributed by atoms with Gasteiger partial charge in [-0.15, -0.1) is 0 Å². The maximum Gasteiger partial charge on any atom is 0.170 e. The fourth-order valence-electron chi connectivity index (χ4n) is 1.57. The summed E-state index contributed by atoms with van der Waals surface area (Å²) in [6.45, 7) is 0.278. The maximum absolute atomic E-state index is 13.7. The summed E-state index contributed by atoms with van der Waals surface area (Å²) in [5.74, 6) is -0.577. The molecule has 0 aliphatic heterocycles. The lowest BCUT2D eigenvalue weighted by atomic mass is 10.2. The van der Waals surface area contributed by atoms with Crippen LogP contribution in [-0.2, 0) is 6.61 Å². The second-order valence-corrected chi connectivity index (χ2v) is 3.90. The molecule has 2 rings (SSSR count). The van der Waals surface area contributed by atoms with Gasteiger partial charge in [0.05, 0.1) is 0 Å². The second kappa shape index (κ2) is 5.86. The number of oxime groups is 1. The summed E-state index contributed by atoms with van der Waals surface area (Å²) in [6, 6.07) is 13.6. The van der Waals surface area contributed by atoms with E-state index in [0.717, 1.165) is 11.6 Å². The van der Waals surface area contributed by atoms with Crippen LogP contribution in [0.3, 0.4) is 0 Å². The number of hydrogen-bond donors (Lipinski definition) is 2. The van der Waals surface area contributed by atoms with Gasteiger partial charge in [-0.05, 0) is 23.8 Å². The second-order valence-electron chi connectivity index (χ2n) is 3.90. The highest BCUT2D eigenvalue weighted by Crippen LogP contribution is 2.19. The topological polar surface area (TPSA) is 67.8 Å². The molecule has 2 aromatic carbocycles. The van der Waals surface area contributed by atoms with Crippen LogP contribution in [0.1, 0.15) is 11.1 Å². The predicted molar refractivity (Wildman–Crippen MR) is 69.7 cm³/mol. The highest BCUT2D eigenvalue weighted by molar-refractivity contribution is 5.97. The van der Waals surface area contributed by atoms with Gasteiger partial charge in [-0.2, -0.15) is 0 Å². The SMILES string of the molecule is N/C(=N\O)c1ccc(OCc2ccccc2)c(F)c1. The fourth-order valence-corrected chi connectivity index (χ4v) is 1.57. The van der Waals surface area contributed by atoms with Crippen LogP contribution in [0, 0.1) is 5.82 Å². The van der Waals surface area contributed by atoms with Gasteiger partial charge in [-0.3, -0.25) is 0 Å². The van der Waals surface area contributed by atoms with Gasteiger partial charge in [-0.25, -0.2) is 4.39 Å². The number of rotatable bonds is 4. The van der Waals surface area contributed by atoms with Crippen LogP contribution in [-0.4, -0.2) is 11.0 Å². The van der Waals surface area contributed by atoms with Crippen LogP contribution in [0.5, 0.6) is 5.75 Å². The molecule has 0 aliphatic rings. The monoisotopic (exact) mass is 260 g/mol. The van der Waals surface area contributed by atoms with E-state index in [2.05, 4.69) is 5.16 Å². The van der Waals surface area contributed by atoms with Crippen molar-refractivity contribution in [1.82, 2.24) is 0 Å². The number of halogens is 1. The Kier molecular flexibility index (Phi) is 3.97. The van der Waals surface area contributed by atoms with Crippen molar-refractivity contribution in [3.63, 3.8) is 0 Å². The molecule has 0 heterocycles. The molecular formula is C14H13FN2O2. The van der Waals surface area contributed by atoms with Crippen molar-refractivity contribution in [2.45, 2.75) is 6.61 Å². The number of amidine groups is 1. The van der Waals surface area contributed by atoms with Gasteiger partial charge in [-0.1, -0.05) is 35.5 Å². The standard InChI is InChI=1S/C14H13FN2O2/c15-12-8-11(14(16)17-18)6-7-13(12)19-9-10-4-2-1-3-5-10/h1-8,18H,9H2,(H2,16,17). The molecule has 0 amide bonds. The average Bonchev–Trinajstić information content (AvgIpc) is 2.46. The Morgan fingerprint density at radius 1 is 1.21 bits per heavy atom. The van der Waals surface area contributed by atoms with Gasteiger partial charge in [0.25, 0.3) is 0 Å². The van der Waals surface area contributed by atoms with E-state index in [1.807, 2.05) is 30.3 Å². The molecule has 19 heavy (non-hydrogen) atoms. The van der Waals surface area contributed by atoms with Gasteiger partial charge in [0.2, 0.25) is 0 Å². The minimum atomic E-state index is -0.556. The van der Waals surface area contributed by atoms with E-state index in [0.29, 0.717) is 5.56 Å². The highest BCUT2D eigenvalue weighted by Gasteiger charge is 2.07. The number of nitrogens with two attached hydrogens (primary N) is 1. The minimum absolute atomic E-state index is 0.123. The molecule has 3 N–H and O–H groups in total. The number of ether oxygens (including phenoxy) is 1. The zero-order valence-electron chi connectivity index (χ0n) is 10.1. The molecule has 98 valence electrons. The Morgan fingerprint density at radius 3 is 2.58 bits per heavy atom. The third-order valence-corrected chi connectivity index (χ3v) is 2.57. The van der Waals surface area contributed by atoms with Crippen molar-refractivity contribution in [1.29, 1.82) is 0 Å². The lowest BCUT2D eigenvalue weighted by Crippen LogP contribution is -2.13. The Balaban J connectivity index is 2.10. The van der Waals surface area contributed by atoms with E-state index in [1.54, 1.807) is 0 Å². The first-order valence-corrected chi connectivity index (χ1v) is 5.65. The summed E-state index contributed by atoms with van der Waals surface area (Å²) in [6.07, 6.45) is 0. The molecule has 0 spiro atoms. The molecular weight excluding hydrogens is 247 g/mol. The van der Waals surface area contributed by atoms with Crippen molar-refractivity contribution in [3.8, 4) is 5.75 Å². The minimum Gasteiger partial charge on any atom is -0.486 e. The first-order valence-electron chi connectivity index (χ1n) is 5.65. The van der Waals surface area contributed by atoms with Crippen LogP contribution in [0.2, 0.25) is 0 Å². The number of benzene rings is 2. The van der Waals surface area contributed by atoms with E-state index in [4.69, 9.17) is 15.7 Å². The summed E-state index contributed by atoms with van der Waals surface area (Å²) < 4.78 is 19.1. The molecule has 5 heteroatoms. The zero-order valence-corrected chi connectivity index (χ0v) is 10.1. The van der Waals surface area contributed by atoms with Crippen molar-refractivity contribution >= 4 is 5.84 Å². The smallest absolute Gasteiger partial charge is 0.170 e. The molecule has 0 atom stereocenters. The Labute approximate surface area is 109 Å². The van der Waals surface area contributed by atoms with Crippen LogP contribution < -0.4 is 10.5 Å². The summed E-state index contributed by atoms with van der Waals surface area (Å²) >= 11 is 0. The Hall–Kier alpha value is -2.56. The van der Waals surface area contributed by atoms with Crippen LogP contribution in [0.25, 0.3) is 0 Å². The maximum atomic E-state index is 13.7. The van der Waals surface area contributed by atoms with Crippen molar-refractivity contribution in [3.05, 3.63) is 65.5 Å². The first-order chi connectivity index (χ1) is 9.20. The molecule has 0 aromatic heterocycles. The molecule has 0 fully saturated rings. The Bertz CT molecular complexity index is 585. The summed E-state index contributed by atoms with van der Waals surface area (Å²) in [4.78, 5) is 0. The molecule has 2 aromatic rings. The van der Waals surface area contributed by atoms with Crippen molar-refractivity contribution in [2.24, 2.45) is 10.9 Å². The summed E-state index contributed by atoms with van der Waals surface area (Å²) in [7, 11) is 0. The fraction of sp³-hybridized carbons (Fsp3) is 0.0714. The third-order valence-electron chi connectivity index (χ3n) is 2.57. The molecule has 0 bridgehead atoms. The van der Waals surface area contributed by atoms with Crippen molar-refractivity contribution < 1.29 is 14.3 Å². The number of nitrogens with zero attached hydrogens (tertiary/aromatic N) is 1. The third kappa shape index (κ3) is 3.22. The summed E-state index contributed by atoms with van der Waals surface area (Å²) in [5, 5.41) is 11.3. The largest absolute Gasteiger partial charge is 0.486 e. The van der Waals surface area contributed by atoms with E-state index < -0.39 is 5.82 Å². The van der Waals surface area contributed by atoms with E-state index in [-0.39, 0.29) is 18.2 Å². The van der Waals surface area contributed by atoms with Gasteiger partial charge >= 0.3 is 0 Å². The van der Waals surface area contributed by atoms with Crippen LogP contribution >= 0.6 is 0 Å². The van der Waals surface area contributed by atoms with E-state index >= 15 is 0 Å². The van der Waals surface area contributed by atoms with E-state index in [9.17, 15) is 4.39 Å². The molecule has 0 aliphatic carbocycles. The molecule has 0 unspecified atom stereocenters.